The number of carbonyl (C=O) groups excluding carboxylic acids is 1. The van der Waals surface area contributed by atoms with Gasteiger partial charge in [-0.15, -0.1) is 0 Å². The Morgan fingerprint density at radius 2 is 1.79 bits per heavy atom. The number of hydrogen-bond acceptors (Lipinski definition) is 7. The molecular weight excluding hydrogens is 368 g/mol. The van der Waals surface area contributed by atoms with Gasteiger partial charge in [-0.1, -0.05) is 0 Å². The number of carbonyl (C=O) groups is 3. The van der Waals surface area contributed by atoms with Crippen LogP contribution >= 0.6 is 0 Å². The van der Waals surface area contributed by atoms with Gasteiger partial charge in [0.1, 0.15) is 0 Å². The van der Waals surface area contributed by atoms with Gasteiger partial charge in [0.25, 0.3) is 0 Å². The molecule has 0 aromatic carbocycles. The minimum absolute atomic E-state index is 0.0248. The van der Waals surface area contributed by atoms with Crippen molar-refractivity contribution in [1.29, 1.82) is 0 Å². The highest BCUT2D eigenvalue weighted by Crippen LogP contribution is 2.45. The molecule has 0 radical (unpaired) electrons. The molecule has 0 saturated carbocycles. The number of carboxylic acid groups (broad SMARTS) is 2. The largest absolute Gasteiger partial charge is 0.473 e. The van der Waals surface area contributed by atoms with Crippen LogP contribution in [-0.4, -0.2) is 81.8 Å². The zero-order chi connectivity index (χ0) is 20.5. The average molecular weight is 392 g/mol. The lowest BCUT2D eigenvalue weighted by Crippen LogP contribution is -2.64. The Balaban J connectivity index is 0.000000330. The van der Waals surface area contributed by atoms with Gasteiger partial charge in [-0.05, 0) is 20.3 Å². The van der Waals surface area contributed by atoms with E-state index >= 15 is 0 Å². The van der Waals surface area contributed by atoms with Gasteiger partial charge in [0.05, 0.1) is 23.6 Å². The average Bonchev–Trinajstić information content (AvgIpc) is 3.27. The fourth-order valence-corrected chi connectivity index (χ4v) is 3.90. The van der Waals surface area contributed by atoms with Crippen molar-refractivity contribution in [1.82, 2.24) is 14.9 Å². The summed E-state index contributed by atoms with van der Waals surface area (Å²) in [4.78, 5) is 44.1. The number of carboxylic acids is 2. The lowest BCUT2D eigenvalue weighted by Gasteiger charge is -2.48. The molecule has 1 aromatic heterocycles. The third-order valence-corrected chi connectivity index (χ3v) is 5.31. The molecule has 3 aliphatic rings. The van der Waals surface area contributed by atoms with E-state index < -0.39 is 11.9 Å². The van der Waals surface area contributed by atoms with Crippen molar-refractivity contribution < 1.29 is 29.3 Å². The van der Waals surface area contributed by atoms with Crippen LogP contribution in [0.5, 0.6) is 0 Å². The molecule has 2 N–H and O–H groups in total. The van der Waals surface area contributed by atoms with Crippen LogP contribution in [0.15, 0.2) is 12.4 Å². The number of nitrogens with zero attached hydrogens (tertiary/aromatic N) is 4. The van der Waals surface area contributed by atoms with Gasteiger partial charge < -0.3 is 24.7 Å². The van der Waals surface area contributed by atoms with Crippen LogP contribution in [0.1, 0.15) is 26.0 Å². The number of hydrogen-bond donors (Lipinski definition) is 2. The van der Waals surface area contributed by atoms with E-state index in [1.165, 1.54) is 0 Å². The minimum atomic E-state index is -1.82. The number of rotatable bonds is 2. The van der Waals surface area contributed by atoms with Crippen molar-refractivity contribution in [2.75, 3.05) is 37.7 Å². The maximum absolute atomic E-state index is 12.5. The van der Waals surface area contributed by atoms with Crippen LogP contribution in [0.3, 0.4) is 0 Å². The first-order chi connectivity index (χ1) is 13.2. The molecule has 2 saturated heterocycles. The number of anilines is 1. The van der Waals surface area contributed by atoms with E-state index in [-0.39, 0.29) is 17.2 Å². The van der Waals surface area contributed by atoms with Crippen molar-refractivity contribution in [2.24, 2.45) is 5.92 Å². The molecule has 152 valence electrons. The van der Waals surface area contributed by atoms with Crippen molar-refractivity contribution in [3.05, 3.63) is 18.1 Å². The summed E-state index contributed by atoms with van der Waals surface area (Å²) < 4.78 is 5.34. The minimum Gasteiger partial charge on any atom is -0.473 e. The molecule has 1 spiro atoms. The van der Waals surface area contributed by atoms with Crippen molar-refractivity contribution in [3.8, 4) is 0 Å². The quantitative estimate of drug-likeness (QED) is 0.666. The predicted octanol–water partition coefficient (Wildman–Crippen LogP) is -0.0229. The molecule has 1 unspecified atom stereocenters. The van der Waals surface area contributed by atoms with E-state index in [0.29, 0.717) is 19.3 Å². The predicted molar refractivity (Wildman–Crippen MR) is 97.0 cm³/mol. The lowest BCUT2D eigenvalue weighted by molar-refractivity contribution is -0.159. The highest BCUT2D eigenvalue weighted by molar-refractivity contribution is 6.27. The second kappa shape index (κ2) is 7.70. The lowest BCUT2D eigenvalue weighted by atomic mass is 9.77. The van der Waals surface area contributed by atoms with E-state index in [4.69, 9.17) is 24.5 Å². The fraction of sp³-hybridized carbons (Fsp3) is 0.611. The van der Waals surface area contributed by atoms with Crippen LogP contribution in [0.25, 0.3) is 0 Å². The van der Waals surface area contributed by atoms with Crippen LogP contribution in [0, 0.1) is 5.92 Å². The molecule has 0 aliphatic carbocycles. The Labute approximate surface area is 162 Å². The maximum atomic E-state index is 12.5. The van der Waals surface area contributed by atoms with Gasteiger partial charge in [0.2, 0.25) is 5.91 Å². The topological polar surface area (TPSA) is 133 Å². The molecule has 4 rings (SSSR count). The second-order valence-electron chi connectivity index (χ2n) is 7.60. The summed E-state index contributed by atoms with van der Waals surface area (Å²) in [6, 6.07) is 0.391. The zero-order valence-electron chi connectivity index (χ0n) is 15.9. The fourth-order valence-electron chi connectivity index (χ4n) is 3.90. The van der Waals surface area contributed by atoms with E-state index in [2.05, 4.69) is 28.7 Å². The Hall–Kier alpha value is -2.75. The first-order valence-electron chi connectivity index (χ1n) is 9.16. The number of amides is 1. The summed E-state index contributed by atoms with van der Waals surface area (Å²) in [5.41, 5.74) is 1.04. The molecule has 3 aliphatic heterocycles. The smallest absolute Gasteiger partial charge is 0.414 e. The Morgan fingerprint density at radius 1 is 1.14 bits per heavy atom. The first kappa shape index (κ1) is 20.0. The number of likely N-dealkylation sites (tertiary alicyclic amines) is 1. The normalized spacial score (nSPS) is 21.8. The van der Waals surface area contributed by atoms with Crippen molar-refractivity contribution in [3.63, 3.8) is 0 Å². The van der Waals surface area contributed by atoms with E-state index in [0.717, 1.165) is 37.6 Å². The van der Waals surface area contributed by atoms with Crippen LogP contribution in [0.4, 0.5) is 5.82 Å². The second-order valence-corrected chi connectivity index (χ2v) is 7.60. The molecule has 1 amide bonds. The molecule has 10 nitrogen and oxygen atoms in total. The number of fused-ring (bicyclic) bond motifs is 2. The van der Waals surface area contributed by atoms with Crippen LogP contribution < -0.4 is 4.90 Å². The number of aromatic nitrogens is 2. The van der Waals surface area contributed by atoms with E-state index in [9.17, 15) is 4.79 Å². The van der Waals surface area contributed by atoms with Gasteiger partial charge >= 0.3 is 11.9 Å². The summed E-state index contributed by atoms with van der Waals surface area (Å²) in [6.45, 7) is 8.08. The summed E-state index contributed by atoms with van der Waals surface area (Å²) in [5.74, 6) is -2.35. The van der Waals surface area contributed by atoms with Gasteiger partial charge in [0.15, 0.2) is 5.82 Å². The first-order valence-corrected chi connectivity index (χ1v) is 9.16. The Kier molecular flexibility index (Phi) is 5.50. The molecule has 2 fully saturated rings. The third kappa shape index (κ3) is 3.64. The Bertz CT molecular complexity index is 759. The monoisotopic (exact) mass is 392 g/mol. The van der Waals surface area contributed by atoms with Gasteiger partial charge in [0, 0.05) is 44.7 Å². The highest BCUT2D eigenvalue weighted by atomic mass is 16.5. The molecule has 28 heavy (non-hydrogen) atoms. The maximum Gasteiger partial charge on any atom is 0.414 e. The number of aliphatic carboxylic acids is 2. The SMILES string of the molecule is CC(C)N1CC2(CN(C(=O)C3CCOC3)C2)c2nccnc21.O=C(O)C(=O)O. The molecule has 0 bridgehead atoms. The molecule has 1 aromatic rings. The summed E-state index contributed by atoms with van der Waals surface area (Å²) in [7, 11) is 0. The highest BCUT2D eigenvalue weighted by Gasteiger charge is 2.55. The summed E-state index contributed by atoms with van der Waals surface area (Å²) in [6.07, 6.45) is 4.38. The van der Waals surface area contributed by atoms with Crippen molar-refractivity contribution in [2.45, 2.75) is 31.7 Å². The standard InChI is InChI=1S/C16H22N4O2.C2H2O4/c1-11(2)20-10-16(13-14(20)18-5-4-17-13)8-19(9-16)15(21)12-3-6-22-7-12;3-1(4)2(5)6/h4-5,11-12H,3,6-10H2,1-2H3;(H,3,4)(H,5,6). The van der Waals surface area contributed by atoms with Crippen LogP contribution in [0.2, 0.25) is 0 Å². The van der Waals surface area contributed by atoms with Gasteiger partial charge in [-0.2, -0.15) is 0 Å². The summed E-state index contributed by atoms with van der Waals surface area (Å²) >= 11 is 0. The molecular formula is C18H24N4O6. The number of ether oxygens (including phenoxy) is 1. The van der Waals surface area contributed by atoms with Gasteiger partial charge in [-0.25, -0.2) is 14.6 Å². The third-order valence-electron chi connectivity index (χ3n) is 5.31. The molecule has 4 heterocycles. The molecule has 1 atom stereocenters. The van der Waals surface area contributed by atoms with E-state index in [1.807, 2.05) is 4.90 Å². The van der Waals surface area contributed by atoms with Gasteiger partial charge in [-0.3, -0.25) is 9.78 Å². The van der Waals surface area contributed by atoms with Crippen LogP contribution in [-0.2, 0) is 24.5 Å². The Morgan fingerprint density at radius 3 is 2.32 bits per heavy atom. The summed E-state index contributed by atoms with van der Waals surface area (Å²) in [5, 5.41) is 14.8. The molecule has 10 heteroatoms. The van der Waals surface area contributed by atoms with E-state index in [1.54, 1.807) is 12.4 Å². The van der Waals surface area contributed by atoms with Crippen molar-refractivity contribution >= 4 is 23.7 Å². The zero-order valence-corrected chi connectivity index (χ0v) is 15.9.